The molecule has 9 heteroatoms. The van der Waals surface area contributed by atoms with Crippen molar-refractivity contribution < 1.29 is 19.2 Å². The van der Waals surface area contributed by atoms with E-state index >= 15 is 0 Å². The van der Waals surface area contributed by atoms with Crippen LogP contribution in [-0.2, 0) is 20.8 Å². The molecule has 4 atom stereocenters. The maximum absolute atomic E-state index is 14.3. The predicted octanol–water partition coefficient (Wildman–Crippen LogP) is 4.35. The molecular weight excluding hydrogens is 542 g/mol. The molecule has 1 unspecified atom stereocenters. The average Bonchev–Trinajstić information content (AvgIpc) is 3.45. The Bertz CT molecular complexity index is 1110. The summed E-state index contributed by atoms with van der Waals surface area (Å²) in [5.74, 6) is -0.699. The molecular formula is C34H53N5O4. The van der Waals surface area contributed by atoms with E-state index in [1.54, 1.807) is 11.9 Å². The molecule has 2 aliphatic carbocycles. The van der Waals surface area contributed by atoms with Gasteiger partial charge in [0.2, 0.25) is 17.7 Å². The van der Waals surface area contributed by atoms with Crippen LogP contribution in [0.5, 0.6) is 0 Å². The summed E-state index contributed by atoms with van der Waals surface area (Å²) in [4.78, 5) is 58.5. The molecule has 4 rings (SSSR count). The Morgan fingerprint density at radius 3 is 2.23 bits per heavy atom. The minimum atomic E-state index is -0.794. The zero-order valence-corrected chi connectivity index (χ0v) is 26.7. The molecule has 0 spiro atoms. The number of urea groups is 1. The fourth-order valence-electron chi connectivity index (χ4n) is 7.25. The molecule has 0 aromatic heterocycles. The van der Waals surface area contributed by atoms with Gasteiger partial charge in [0.1, 0.15) is 18.1 Å². The molecule has 0 radical (unpaired) electrons. The van der Waals surface area contributed by atoms with Gasteiger partial charge >= 0.3 is 6.03 Å². The van der Waals surface area contributed by atoms with Crippen LogP contribution in [0.2, 0.25) is 0 Å². The number of piperidine rings is 1. The van der Waals surface area contributed by atoms with Crippen LogP contribution in [-0.4, -0.2) is 78.4 Å². The summed E-state index contributed by atoms with van der Waals surface area (Å²) in [7, 11) is 1.69. The summed E-state index contributed by atoms with van der Waals surface area (Å²) in [5, 5.41) is 9.17. The first kappa shape index (κ1) is 32.8. The van der Waals surface area contributed by atoms with Crippen molar-refractivity contribution in [1.82, 2.24) is 25.8 Å². The molecule has 2 fully saturated rings. The molecule has 5 amide bonds. The molecule has 238 valence electrons. The number of carbonyl (C=O) groups excluding carboxylic acids is 4. The monoisotopic (exact) mass is 595 g/mol. The Labute approximate surface area is 257 Å². The molecule has 1 heterocycles. The van der Waals surface area contributed by atoms with Gasteiger partial charge in [-0.05, 0) is 81.3 Å². The van der Waals surface area contributed by atoms with Crippen molar-refractivity contribution in [1.29, 1.82) is 0 Å². The quantitative estimate of drug-likeness (QED) is 0.353. The number of nitrogens with one attached hydrogen (secondary N) is 3. The second kappa shape index (κ2) is 15.6. The average molecular weight is 596 g/mol. The smallest absolute Gasteiger partial charge is 0.318 e. The van der Waals surface area contributed by atoms with E-state index in [9.17, 15) is 19.2 Å². The van der Waals surface area contributed by atoms with Crippen molar-refractivity contribution in [2.24, 2.45) is 11.8 Å². The van der Waals surface area contributed by atoms with Gasteiger partial charge in [0.15, 0.2) is 0 Å². The predicted molar refractivity (Wildman–Crippen MR) is 168 cm³/mol. The highest BCUT2D eigenvalue weighted by atomic mass is 16.2. The van der Waals surface area contributed by atoms with Crippen LogP contribution < -0.4 is 16.0 Å². The summed E-state index contributed by atoms with van der Waals surface area (Å²) in [5.41, 5.74) is 2.29. The van der Waals surface area contributed by atoms with Crippen LogP contribution in [0.1, 0.15) is 102 Å². The zero-order valence-electron chi connectivity index (χ0n) is 26.7. The van der Waals surface area contributed by atoms with E-state index in [2.05, 4.69) is 28.1 Å². The number of likely N-dealkylation sites (N-methyl/N-ethyl adjacent to an activating group) is 2. The van der Waals surface area contributed by atoms with E-state index in [1.807, 2.05) is 37.8 Å². The van der Waals surface area contributed by atoms with Gasteiger partial charge in [-0.25, -0.2) is 4.79 Å². The van der Waals surface area contributed by atoms with Crippen molar-refractivity contribution in [2.45, 2.75) is 115 Å². The molecule has 1 aromatic rings. The Morgan fingerprint density at radius 1 is 0.884 bits per heavy atom. The number of nitrogens with zero attached hydrogens (tertiary/aromatic N) is 2. The van der Waals surface area contributed by atoms with Gasteiger partial charge < -0.3 is 25.8 Å². The first-order valence-electron chi connectivity index (χ1n) is 16.7. The van der Waals surface area contributed by atoms with E-state index in [0.29, 0.717) is 26.1 Å². The Hall–Kier alpha value is -3.10. The third-order valence-electron chi connectivity index (χ3n) is 9.63. The van der Waals surface area contributed by atoms with E-state index in [4.69, 9.17) is 0 Å². The van der Waals surface area contributed by atoms with Crippen molar-refractivity contribution in [3.05, 3.63) is 35.4 Å². The van der Waals surface area contributed by atoms with E-state index < -0.39 is 18.1 Å². The van der Waals surface area contributed by atoms with Gasteiger partial charge in [-0.2, -0.15) is 0 Å². The third kappa shape index (κ3) is 8.30. The molecule has 1 aliphatic heterocycles. The van der Waals surface area contributed by atoms with Crippen molar-refractivity contribution in [2.75, 3.05) is 26.7 Å². The summed E-state index contributed by atoms with van der Waals surface area (Å²) in [6.07, 6.45) is 9.99. The standard InChI is InChI=1S/C34H53N5O4/c1-5-35-31(40)28(22-23(2)3)38(4)33(42)29(25-15-8-6-9-16-25)36-32(41)30(37-34(43)39-20-12-7-13-21-39)27-19-18-24-14-10-11-17-26(24)27/h10-11,14,17,23,25,27-30H,5-9,12-13,15-16,18-22H2,1-4H3,(H,35,40)(H,36,41)(H,37,43)/t27?,28-,29-,30-/m1/s1. The van der Waals surface area contributed by atoms with Crippen LogP contribution in [0.4, 0.5) is 4.79 Å². The van der Waals surface area contributed by atoms with Gasteiger partial charge in [-0.1, -0.05) is 57.4 Å². The minimum absolute atomic E-state index is 0.0177. The molecule has 1 aromatic carbocycles. The number of carbonyl (C=O) groups is 4. The Morgan fingerprint density at radius 2 is 1.56 bits per heavy atom. The van der Waals surface area contributed by atoms with Crippen LogP contribution in [0, 0.1) is 11.8 Å². The van der Waals surface area contributed by atoms with Gasteiger partial charge in [-0.15, -0.1) is 0 Å². The second-order valence-electron chi connectivity index (χ2n) is 13.2. The number of aryl methyl sites for hydroxylation is 1. The summed E-state index contributed by atoms with van der Waals surface area (Å²) in [6, 6.07) is 5.76. The highest BCUT2D eigenvalue weighted by Crippen LogP contribution is 2.36. The SMILES string of the molecule is CCNC(=O)[C@@H](CC(C)C)N(C)C(=O)[C@H](NC(=O)[C@H](NC(=O)N1CCCCC1)C1CCc2ccccc21)C1CCCCC1. The zero-order chi connectivity index (χ0) is 30.9. The van der Waals surface area contributed by atoms with Crippen molar-refractivity contribution in [3.63, 3.8) is 0 Å². The largest absolute Gasteiger partial charge is 0.355 e. The molecule has 3 N–H and O–H groups in total. The highest BCUT2D eigenvalue weighted by Gasteiger charge is 2.41. The fourth-order valence-corrected chi connectivity index (χ4v) is 7.25. The molecule has 0 bridgehead atoms. The number of hydrogen-bond donors (Lipinski definition) is 3. The maximum Gasteiger partial charge on any atom is 0.318 e. The lowest BCUT2D eigenvalue weighted by Gasteiger charge is -2.37. The van der Waals surface area contributed by atoms with E-state index in [0.717, 1.165) is 69.8 Å². The lowest BCUT2D eigenvalue weighted by molar-refractivity contribution is -0.144. The van der Waals surface area contributed by atoms with Crippen LogP contribution >= 0.6 is 0 Å². The lowest BCUT2D eigenvalue weighted by atomic mass is 9.82. The molecule has 1 saturated carbocycles. The van der Waals surface area contributed by atoms with E-state index in [1.165, 1.54) is 5.56 Å². The number of likely N-dealkylation sites (tertiary alicyclic amines) is 1. The first-order valence-corrected chi connectivity index (χ1v) is 16.7. The van der Waals surface area contributed by atoms with Gasteiger partial charge in [0.25, 0.3) is 0 Å². The number of rotatable bonds is 11. The van der Waals surface area contributed by atoms with Crippen LogP contribution in [0.3, 0.4) is 0 Å². The molecule has 1 saturated heterocycles. The second-order valence-corrected chi connectivity index (χ2v) is 13.2. The van der Waals surface area contributed by atoms with Crippen LogP contribution in [0.15, 0.2) is 24.3 Å². The lowest BCUT2D eigenvalue weighted by Crippen LogP contribution is -2.61. The minimum Gasteiger partial charge on any atom is -0.355 e. The number of fused-ring (bicyclic) bond motifs is 1. The normalized spacial score (nSPS) is 21.0. The highest BCUT2D eigenvalue weighted by molar-refractivity contribution is 5.94. The van der Waals surface area contributed by atoms with Crippen molar-refractivity contribution >= 4 is 23.8 Å². The third-order valence-corrected chi connectivity index (χ3v) is 9.63. The maximum atomic E-state index is 14.3. The van der Waals surface area contributed by atoms with Crippen molar-refractivity contribution in [3.8, 4) is 0 Å². The fraction of sp³-hybridized carbons (Fsp3) is 0.706. The Kier molecular flexibility index (Phi) is 11.9. The van der Waals surface area contributed by atoms with Gasteiger partial charge in [0.05, 0.1) is 0 Å². The first-order chi connectivity index (χ1) is 20.7. The molecule has 3 aliphatic rings. The van der Waals surface area contributed by atoms with Crippen LogP contribution in [0.25, 0.3) is 0 Å². The summed E-state index contributed by atoms with van der Waals surface area (Å²) < 4.78 is 0. The number of benzene rings is 1. The molecule has 43 heavy (non-hydrogen) atoms. The van der Waals surface area contributed by atoms with E-state index in [-0.39, 0.29) is 41.5 Å². The topological polar surface area (TPSA) is 111 Å². The molecule has 9 nitrogen and oxygen atoms in total. The summed E-state index contributed by atoms with van der Waals surface area (Å²) in [6.45, 7) is 7.81. The Balaban J connectivity index is 1.61. The van der Waals surface area contributed by atoms with Gasteiger partial charge in [-0.3, -0.25) is 14.4 Å². The van der Waals surface area contributed by atoms with Gasteiger partial charge in [0, 0.05) is 32.6 Å². The number of amides is 5. The number of hydrogen-bond acceptors (Lipinski definition) is 4. The summed E-state index contributed by atoms with van der Waals surface area (Å²) >= 11 is 0.